The Morgan fingerprint density at radius 1 is 1.05 bits per heavy atom. The normalized spacial score (nSPS) is 10.6. The largest absolute Gasteiger partial charge is 0.490 e. The van der Waals surface area contributed by atoms with Crippen molar-refractivity contribution in [3.05, 3.63) is 35.9 Å². The van der Waals surface area contributed by atoms with E-state index in [0.29, 0.717) is 30.3 Å². The highest BCUT2D eigenvalue weighted by Gasteiger charge is 2.10. The Bertz CT molecular complexity index is 519. The number of carboxylic acid groups (broad SMARTS) is 1. The lowest BCUT2D eigenvalue weighted by atomic mass is 10.1. The molecule has 0 fully saturated rings. The minimum absolute atomic E-state index is 0.363. The Labute approximate surface area is 124 Å². The van der Waals surface area contributed by atoms with Crippen LogP contribution in [0.15, 0.2) is 30.4 Å². The smallest absolute Gasteiger partial charge is 0.328 e. The summed E-state index contributed by atoms with van der Waals surface area (Å²) in [7, 11) is 0. The molecule has 0 saturated heterocycles. The number of rotatable bonds is 9. The minimum atomic E-state index is -1.16. The van der Waals surface area contributed by atoms with Gasteiger partial charge < -0.3 is 14.6 Å². The van der Waals surface area contributed by atoms with Crippen LogP contribution in [-0.2, 0) is 4.79 Å². The van der Waals surface area contributed by atoms with Gasteiger partial charge in [-0.3, -0.25) is 4.79 Å². The molecule has 0 radical (unpaired) electrons. The summed E-state index contributed by atoms with van der Waals surface area (Å²) < 4.78 is 11.1. The first-order valence-electron chi connectivity index (χ1n) is 6.93. The van der Waals surface area contributed by atoms with Crippen LogP contribution in [0.1, 0.15) is 37.0 Å². The molecule has 0 aliphatic rings. The summed E-state index contributed by atoms with van der Waals surface area (Å²) in [5.74, 6) is -0.460. The molecule has 5 heteroatoms. The zero-order valence-corrected chi connectivity index (χ0v) is 12.3. The molecule has 0 unspecified atom stereocenters. The van der Waals surface area contributed by atoms with E-state index in [0.717, 1.165) is 25.0 Å². The summed E-state index contributed by atoms with van der Waals surface area (Å²) in [5.41, 5.74) is 0.363. The molecule has 114 valence electrons. The second-order valence-electron chi connectivity index (χ2n) is 4.39. The number of carbonyl (C=O) groups is 2. The van der Waals surface area contributed by atoms with Crippen LogP contribution in [-0.4, -0.2) is 30.1 Å². The van der Waals surface area contributed by atoms with Crippen molar-refractivity contribution in [2.24, 2.45) is 0 Å². The van der Waals surface area contributed by atoms with Gasteiger partial charge in [0.05, 0.1) is 13.2 Å². The maximum Gasteiger partial charge on any atom is 0.328 e. The third kappa shape index (κ3) is 5.69. The fourth-order valence-electron chi connectivity index (χ4n) is 1.56. The monoisotopic (exact) mass is 292 g/mol. The molecule has 1 aromatic rings. The summed E-state index contributed by atoms with van der Waals surface area (Å²) in [6.07, 6.45) is 3.55. The van der Waals surface area contributed by atoms with Crippen molar-refractivity contribution in [2.45, 2.75) is 26.7 Å². The average Bonchev–Trinajstić information content (AvgIpc) is 2.48. The molecule has 1 aromatic carbocycles. The van der Waals surface area contributed by atoms with Gasteiger partial charge in [0.25, 0.3) is 0 Å². The zero-order valence-electron chi connectivity index (χ0n) is 12.3. The van der Waals surface area contributed by atoms with Crippen LogP contribution in [0.5, 0.6) is 11.5 Å². The van der Waals surface area contributed by atoms with Gasteiger partial charge in [-0.25, -0.2) is 4.79 Å². The molecule has 21 heavy (non-hydrogen) atoms. The van der Waals surface area contributed by atoms with Crippen LogP contribution in [0.25, 0.3) is 0 Å². The molecule has 0 amide bonds. The summed E-state index contributed by atoms with van der Waals surface area (Å²) in [5, 5.41) is 8.54. The minimum Gasteiger partial charge on any atom is -0.490 e. The fourth-order valence-corrected chi connectivity index (χ4v) is 1.56. The van der Waals surface area contributed by atoms with E-state index in [-0.39, 0.29) is 5.78 Å². The lowest BCUT2D eigenvalue weighted by Crippen LogP contribution is -2.03. The molecule has 0 aliphatic carbocycles. The van der Waals surface area contributed by atoms with Gasteiger partial charge in [0, 0.05) is 11.6 Å². The van der Waals surface area contributed by atoms with Crippen molar-refractivity contribution < 1.29 is 24.2 Å². The maximum atomic E-state index is 11.9. The Hall–Kier alpha value is -2.30. The average molecular weight is 292 g/mol. The van der Waals surface area contributed by atoms with Crippen LogP contribution in [0, 0.1) is 0 Å². The van der Waals surface area contributed by atoms with Crippen LogP contribution in [0.3, 0.4) is 0 Å². The maximum absolute atomic E-state index is 11.9. The van der Waals surface area contributed by atoms with Crippen molar-refractivity contribution >= 4 is 11.8 Å². The summed E-state index contributed by atoms with van der Waals surface area (Å²) >= 11 is 0. The number of carbonyl (C=O) groups excluding carboxylic acids is 1. The first kappa shape index (κ1) is 16.8. The molecule has 0 atom stereocenters. The van der Waals surface area contributed by atoms with Crippen molar-refractivity contribution in [2.75, 3.05) is 13.2 Å². The molecule has 1 rings (SSSR count). The fraction of sp³-hybridized carbons (Fsp3) is 0.375. The molecule has 1 N–H and O–H groups in total. The lowest BCUT2D eigenvalue weighted by molar-refractivity contribution is -0.131. The number of carboxylic acids is 1. The standard InChI is InChI=1S/C16H20O5/c1-3-9-20-14-7-5-12(11-15(14)21-10-4-2)13(17)6-8-16(18)19/h5-8,11H,3-4,9-10H2,1-2H3,(H,18,19)/b8-6+. The summed E-state index contributed by atoms with van der Waals surface area (Å²) in [6.45, 7) is 5.07. The van der Waals surface area contributed by atoms with Crippen LogP contribution >= 0.6 is 0 Å². The second kappa shape index (κ2) is 8.79. The second-order valence-corrected chi connectivity index (χ2v) is 4.39. The molecule has 5 nitrogen and oxygen atoms in total. The lowest BCUT2D eigenvalue weighted by Gasteiger charge is -2.12. The van der Waals surface area contributed by atoms with Gasteiger partial charge in [-0.2, -0.15) is 0 Å². The van der Waals surface area contributed by atoms with E-state index in [9.17, 15) is 9.59 Å². The topological polar surface area (TPSA) is 72.8 Å². The number of ketones is 1. The summed E-state index contributed by atoms with van der Waals surface area (Å²) in [6, 6.07) is 4.84. The quantitative estimate of drug-likeness (QED) is 0.559. The highest BCUT2D eigenvalue weighted by Crippen LogP contribution is 2.29. The van der Waals surface area contributed by atoms with Crippen LogP contribution < -0.4 is 9.47 Å². The number of aliphatic carboxylic acids is 1. The molecular weight excluding hydrogens is 272 g/mol. The SMILES string of the molecule is CCCOc1ccc(C(=O)/C=C/C(=O)O)cc1OCCC. The first-order valence-corrected chi connectivity index (χ1v) is 6.93. The van der Waals surface area contributed by atoms with E-state index in [1.54, 1.807) is 18.2 Å². The summed E-state index contributed by atoms with van der Waals surface area (Å²) in [4.78, 5) is 22.3. The Kier molecular flexibility index (Phi) is 7.01. The van der Waals surface area contributed by atoms with E-state index < -0.39 is 5.97 Å². The highest BCUT2D eigenvalue weighted by molar-refractivity contribution is 6.07. The van der Waals surface area contributed by atoms with Crippen LogP contribution in [0.4, 0.5) is 0 Å². The molecule has 0 heterocycles. The van der Waals surface area contributed by atoms with Crippen molar-refractivity contribution in [1.29, 1.82) is 0 Å². The van der Waals surface area contributed by atoms with Gasteiger partial charge in [-0.15, -0.1) is 0 Å². The van der Waals surface area contributed by atoms with E-state index in [2.05, 4.69) is 0 Å². The van der Waals surface area contributed by atoms with Gasteiger partial charge in [0.15, 0.2) is 17.3 Å². The molecule has 0 spiro atoms. The van der Waals surface area contributed by atoms with Crippen molar-refractivity contribution in [1.82, 2.24) is 0 Å². The predicted molar refractivity (Wildman–Crippen MR) is 79.1 cm³/mol. The third-order valence-corrected chi connectivity index (χ3v) is 2.53. The molecular formula is C16H20O5. The van der Waals surface area contributed by atoms with Crippen molar-refractivity contribution in [3.8, 4) is 11.5 Å². The van der Waals surface area contributed by atoms with Crippen LogP contribution in [0.2, 0.25) is 0 Å². The predicted octanol–water partition coefficient (Wildman–Crippen LogP) is 3.09. The van der Waals surface area contributed by atoms with E-state index >= 15 is 0 Å². The Morgan fingerprint density at radius 2 is 1.67 bits per heavy atom. The molecule has 0 bridgehead atoms. The Balaban J connectivity index is 2.96. The van der Waals surface area contributed by atoms with E-state index in [4.69, 9.17) is 14.6 Å². The van der Waals surface area contributed by atoms with Crippen molar-refractivity contribution in [3.63, 3.8) is 0 Å². The number of ether oxygens (including phenoxy) is 2. The third-order valence-electron chi connectivity index (χ3n) is 2.53. The number of benzene rings is 1. The molecule has 0 aromatic heterocycles. The van der Waals surface area contributed by atoms with E-state index in [1.807, 2.05) is 13.8 Å². The number of hydrogen-bond acceptors (Lipinski definition) is 4. The van der Waals surface area contributed by atoms with Gasteiger partial charge in [-0.05, 0) is 37.1 Å². The molecule has 0 saturated carbocycles. The Morgan fingerprint density at radius 3 is 2.24 bits per heavy atom. The molecule has 0 aliphatic heterocycles. The van der Waals surface area contributed by atoms with Gasteiger partial charge in [0.2, 0.25) is 0 Å². The highest BCUT2D eigenvalue weighted by atomic mass is 16.5. The zero-order chi connectivity index (χ0) is 15.7. The van der Waals surface area contributed by atoms with Gasteiger partial charge in [0.1, 0.15) is 0 Å². The van der Waals surface area contributed by atoms with Gasteiger partial charge >= 0.3 is 5.97 Å². The number of allylic oxidation sites excluding steroid dienone is 1. The first-order chi connectivity index (χ1) is 10.1. The van der Waals surface area contributed by atoms with E-state index in [1.165, 1.54) is 0 Å². The number of hydrogen-bond donors (Lipinski definition) is 1. The van der Waals surface area contributed by atoms with Gasteiger partial charge in [-0.1, -0.05) is 13.8 Å².